The monoisotopic (exact) mass is 325 g/mol. The van der Waals surface area contributed by atoms with Gasteiger partial charge in [0.1, 0.15) is 10.6 Å². The summed E-state index contributed by atoms with van der Waals surface area (Å²) in [7, 11) is 0. The zero-order valence-corrected chi connectivity index (χ0v) is 13.3. The number of rotatable bonds is 3. The van der Waals surface area contributed by atoms with Gasteiger partial charge in [-0.2, -0.15) is 9.61 Å². The molecule has 5 rings (SSSR count). The number of hydrogen-bond acceptors (Lipinski definition) is 6. The van der Waals surface area contributed by atoms with Crippen molar-refractivity contribution in [1.29, 1.82) is 0 Å². The highest BCUT2D eigenvalue weighted by Gasteiger charge is 2.19. The molecule has 116 valence electrons. The maximum Gasteiger partial charge on any atom is 0.235 e. The van der Waals surface area contributed by atoms with Crippen molar-refractivity contribution in [2.24, 2.45) is 0 Å². The van der Waals surface area contributed by atoms with E-state index in [1.165, 1.54) is 12.8 Å². The molecule has 4 aromatic rings. The molecular weight excluding hydrogens is 310 g/mol. The first kappa shape index (κ1) is 13.2. The Morgan fingerprint density at radius 3 is 2.87 bits per heavy atom. The number of nitrogens with zero attached hydrogens (tertiary/aromatic N) is 5. The third-order valence-corrected chi connectivity index (χ3v) is 5.12. The van der Waals surface area contributed by atoms with Crippen LogP contribution in [0.3, 0.4) is 0 Å². The van der Waals surface area contributed by atoms with Gasteiger partial charge in [0.2, 0.25) is 10.8 Å². The number of benzene rings is 1. The van der Waals surface area contributed by atoms with Gasteiger partial charge in [-0.25, -0.2) is 0 Å². The van der Waals surface area contributed by atoms with E-state index < -0.39 is 0 Å². The van der Waals surface area contributed by atoms with Gasteiger partial charge in [-0.1, -0.05) is 29.5 Å². The number of furan rings is 1. The quantitative estimate of drug-likeness (QED) is 0.579. The molecule has 0 amide bonds. The second-order valence-electron chi connectivity index (χ2n) is 5.85. The second-order valence-corrected chi connectivity index (χ2v) is 6.89. The molecule has 0 N–H and O–H groups in total. The molecule has 1 fully saturated rings. The van der Waals surface area contributed by atoms with E-state index in [-0.39, 0.29) is 0 Å². The Hall–Kier alpha value is -2.25. The van der Waals surface area contributed by atoms with Crippen molar-refractivity contribution < 1.29 is 4.42 Å². The molecule has 0 saturated carbocycles. The van der Waals surface area contributed by atoms with Crippen molar-refractivity contribution >= 4 is 27.3 Å². The zero-order chi connectivity index (χ0) is 15.2. The Balaban J connectivity index is 1.54. The summed E-state index contributed by atoms with van der Waals surface area (Å²) in [6, 6.07) is 9.94. The van der Waals surface area contributed by atoms with Crippen molar-refractivity contribution in [3.63, 3.8) is 0 Å². The van der Waals surface area contributed by atoms with Gasteiger partial charge in [0.05, 0.1) is 6.54 Å². The summed E-state index contributed by atoms with van der Waals surface area (Å²) in [6.45, 7) is 3.22. The molecule has 1 aliphatic heterocycles. The smallest absolute Gasteiger partial charge is 0.235 e. The lowest BCUT2D eigenvalue weighted by molar-refractivity contribution is 0.329. The molecule has 0 bridgehead atoms. The molecule has 6 nitrogen and oxygen atoms in total. The van der Waals surface area contributed by atoms with Crippen LogP contribution >= 0.6 is 11.3 Å². The molecule has 7 heteroatoms. The lowest BCUT2D eigenvalue weighted by Crippen LogP contribution is -2.18. The predicted molar refractivity (Wildman–Crippen MR) is 88.4 cm³/mol. The van der Waals surface area contributed by atoms with Crippen molar-refractivity contribution in [1.82, 2.24) is 24.7 Å². The molecule has 0 atom stereocenters. The molecule has 1 aromatic carbocycles. The normalized spacial score (nSPS) is 16.0. The van der Waals surface area contributed by atoms with Crippen LogP contribution in [0, 0.1) is 0 Å². The fraction of sp³-hybridized carbons (Fsp3) is 0.312. The molecule has 0 aliphatic carbocycles. The van der Waals surface area contributed by atoms with E-state index in [0.717, 1.165) is 40.6 Å². The molecular formula is C16H15N5OS. The van der Waals surface area contributed by atoms with Gasteiger partial charge >= 0.3 is 0 Å². The van der Waals surface area contributed by atoms with Crippen molar-refractivity contribution in [3.8, 4) is 11.6 Å². The third-order valence-electron chi connectivity index (χ3n) is 4.24. The summed E-state index contributed by atoms with van der Waals surface area (Å²) < 4.78 is 7.69. The Bertz CT molecular complexity index is 946. The molecule has 0 spiro atoms. The van der Waals surface area contributed by atoms with Crippen LogP contribution in [0.5, 0.6) is 0 Å². The van der Waals surface area contributed by atoms with Crippen LogP contribution in [-0.2, 0) is 6.54 Å². The van der Waals surface area contributed by atoms with Crippen molar-refractivity contribution in [2.75, 3.05) is 13.1 Å². The molecule has 3 aromatic heterocycles. The van der Waals surface area contributed by atoms with E-state index in [1.807, 2.05) is 30.3 Å². The van der Waals surface area contributed by atoms with Crippen LogP contribution in [0.25, 0.3) is 27.5 Å². The zero-order valence-electron chi connectivity index (χ0n) is 12.5. The van der Waals surface area contributed by atoms with Crippen LogP contribution in [0.2, 0.25) is 0 Å². The van der Waals surface area contributed by atoms with Gasteiger partial charge in [0.25, 0.3) is 0 Å². The Kier molecular flexibility index (Phi) is 2.95. The maximum atomic E-state index is 5.89. The van der Waals surface area contributed by atoms with Crippen molar-refractivity contribution in [3.05, 3.63) is 35.3 Å². The van der Waals surface area contributed by atoms with Gasteiger partial charge in [-0.05, 0) is 38.1 Å². The lowest BCUT2D eigenvalue weighted by atomic mass is 10.2. The Morgan fingerprint density at radius 2 is 2.00 bits per heavy atom. The highest BCUT2D eigenvalue weighted by atomic mass is 32.1. The van der Waals surface area contributed by atoms with Crippen LogP contribution in [-0.4, -0.2) is 37.8 Å². The minimum Gasteiger partial charge on any atom is -0.453 e. The lowest BCUT2D eigenvalue weighted by Gasteiger charge is -2.10. The Morgan fingerprint density at radius 1 is 1.13 bits per heavy atom. The number of likely N-dealkylation sites (tertiary alicyclic amines) is 1. The van der Waals surface area contributed by atoms with Gasteiger partial charge in [-0.3, -0.25) is 4.90 Å². The SMILES string of the molecule is c1ccc2oc(-c3nnc4sc(CN5CCCC5)nn34)cc2c1. The van der Waals surface area contributed by atoms with E-state index in [1.54, 1.807) is 15.9 Å². The van der Waals surface area contributed by atoms with Gasteiger partial charge in [0, 0.05) is 5.39 Å². The summed E-state index contributed by atoms with van der Waals surface area (Å²) in [5.74, 6) is 1.37. The van der Waals surface area contributed by atoms with Gasteiger partial charge < -0.3 is 4.42 Å². The first-order valence-corrected chi connectivity index (χ1v) is 8.61. The van der Waals surface area contributed by atoms with Crippen LogP contribution in [0.15, 0.2) is 34.7 Å². The molecule has 0 radical (unpaired) electrons. The van der Waals surface area contributed by atoms with Crippen LogP contribution < -0.4 is 0 Å². The third kappa shape index (κ3) is 2.24. The van der Waals surface area contributed by atoms with E-state index in [0.29, 0.717) is 11.6 Å². The summed E-state index contributed by atoms with van der Waals surface area (Å²) in [4.78, 5) is 3.25. The topological polar surface area (TPSA) is 59.5 Å². The highest BCUT2D eigenvalue weighted by Crippen LogP contribution is 2.28. The van der Waals surface area contributed by atoms with E-state index in [4.69, 9.17) is 9.52 Å². The van der Waals surface area contributed by atoms with Gasteiger partial charge in [0.15, 0.2) is 5.76 Å². The predicted octanol–water partition coefficient (Wildman–Crippen LogP) is 3.19. The molecule has 1 saturated heterocycles. The number of aromatic nitrogens is 4. The fourth-order valence-corrected chi connectivity index (χ4v) is 3.97. The molecule has 1 aliphatic rings. The summed E-state index contributed by atoms with van der Waals surface area (Å²) in [6.07, 6.45) is 2.57. The molecule has 0 unspecified atom stereocenters. The average Bonchev–Trinajstić information content (AvgIpc) is 3.30. The average molecular weight is 325 g/mol. The van der Waals surface area contributed by atoms with Crippen molar-refractivity contribution in [2.45, 2.75) is 19.4 Å². The second kappa shape index (κ2) is 5.14. The van der Waals surface area contributed by atoms with Gasteiger partial charge in [-0.15, -0.1) is 10.2 Å². The first-order valence-electron chi connectivity index (χ1n) is 7.79. The number of fused-ring (bicyclic) bond motifs is 2. The standard InChI is InChI=1S/C16H15N5OS/c1-2-6-12-11(5-1)9-13(22-12)15-17-18-16-21(15)19-14(23-16)10-20-7-3-4-8-20/h1-2,5-6,9H,3-4,7-8,10H2. The van der Waals surface area contributed by atoms with E-state index in [9.17, 15) is 0 Å². The summed E-state index contributed by atoms with van der Waals surface area (Å²) in [5, 5.41) is 15.3. The minimum absolute atomic E-state index is 0.667. The Labute approximate surface area is 136 Å². The minimum atomic E-state index is 0.667. The number of para-hydroxylation sites is 1. The summed E-state index contributed by atoms with van der Waals surface area (Å²) >= 11 is 1.60. The fourth-order valence-electron chi connectivity index (χ4n) is 3.10. The molecule has 4 heterocycles. The summed E-state index contributed by atoms with van der Waals surface area (Å²) in [5.41, 5.74) is 0.853. The molecule has 23 heavy (non-hydrogen) atoms. The van der Waals surface area contributed by atoms with Crippen LogP contribution in [0.4, 0.5) is 0 Å². The first-order chi connectivity index (χ1) is 11.4. The van der Waals surface area contributed by atoms with E-state index >= 15 is 0 Å². The largest absolute Gasteiger partial charge is 0.453 e. The van der Waals surface area contributed by atoms with Crippen LogP contribution in [0.1, 0.15) is 17.8 Å². The van der Waals surface area contributed by atoms with E-state index in [2.05, 4.69) is 15.1 Å². The number of hydrogen-bond donors (Lipinski definition) is 0. The maximum absolute atomic E-state index is 5.89. The highest BCUT2D eigenvalue weighted by molar-refractivity contribution is 7.16.